The summed E-state index contributed by atoms with van der Waals surface area (Å²) in [5.74, 6) is 2.32. The van der Waals surface area contributed by atoms with Gasteiger partial charge in [-0.2, -0.15) is 0 Å². The molecule has 0 aliphatic rings. The van der Waals surface area contributed by atoms with Crippen LogP contribution in [0.2, 0.25) is 0 Å². The number of hydrogen-bond acceptors (Lipinski definition) is 4. The topological polar surface area (TPSA) is 52.6 Å². The van der Waals surface area contributed by atoms with Crippen LogP contribution in [-0.2, 0) is 20.7 Å². The Morgan fingerprint density at radius 1 is 0.578 bits per heavy atom. The van der Waals surface area contributed by atoms with Crippen LogP contribution in [0.1, 0.15) is 101 Å². The van der Waals surface area contributed by atoms with Gasteiger partial charge in [-0.05, 0) is 136 Å². The molecule has 0 unspecified atom stereocenters. The Bertz CT molecular complexity index is 1740. The zero-order valence-corrected chi connectivity index (χ0v) is 30.0. The lowest BCUT2D eigenvalue weighted by molar-refractivity contribution is 0.128. The third-order valence-corrected chi connectivity index (χ3v) is 10.7. The Balaban J connectivity index is 1.57. The highest BCUT2D eigenvalue weighted by Crippen LogP contribution is 2.40. The predicted octanol–water partition coefficient (Wildman–Crippen LogP) is 10.7. The summed E-state index contributed by atoms with van der Waals surface area (Å²) in [5.41, 5.74) is 7.34. The number of ether oxygens (including phenoxy) is 2. The summed E-state index contributed by atoms with van der Waals surface area (Å²) >= 11 is 0. The fourth-order valence-electron chi connectivity index (χ4n) is 5.65. The fraction of sp³-hybridized carbons (Fsp3) is 0.400. The smallest absolute Gasteiger partial charge is 0.206 e. The van der Waals surface area contributed by atoms with Gasteiger partial charge in [-0.15, -0.1) is 0 Å². The van der Waals surface area contributed by atoms with Crippen LogP contribution in [0.3, 0.4) is 0 Å². The van der Waals surface area contributed by atoms with Crippen molar-refractivity contribution in [2.75, 3.05) is 0 Å². The van der Waals surface area contributed by atoms with Crippen molar-refractivity contribution in [3.63, 3.8) is 0 Å². The Morgan fingerprint density at radius 2 is 0.978 bits per heavy atom. The average Bonchev–Trinajstić information content (AvgIpc) is 2.96. The van der Waals surface area contributed by atoms with Gasteiger partial charge in [0.2, 0.25) is 9.84 Å². The van der Waals surface area contributed by atoms with Gasteiger partial charge in [-0.1, -0.05) is 71.0 Å². The Labute approximate surface area is 271 Å². The molecule has 0 N–H and O–H groups in total. The maximum atomic E-state index is 13.4. The summed E-state index contributed by atoms with van der Waals surface area (Å²) in [5, 5.41) is 0. The van der Waals surface area contributed by atoms with E-state index in [4.69, 9.17) is 9.47 Å². The van der Waals surface area contributed by atoms with Crippen LogP contribution in [0.25, 0.3) is 0 Å². The molecule has 0 aliphatic carbocycles. The van der Waals surface area contributed by atoms with Gasteiger partial charge in [0.05, 0.1) is 9.79 Å². The molecule has 0 aromatic heterocycles. The molecule has 0 atom stereocenters. The van der Waals surface area contributed by atoms with Crippen molar-refractivity contribution < 1.29 is 17.9 Å². The third kappa shape index (κ3) is 7.30. The van der Waals surface area contributed by atoms with Crippen molar-refractivity contribution in [3.8, 4) is 17.2 Å². The molecule has 4 aromatic carbocycles. The number of aryl methyl sites for hydroxylation is 4. The Hall–Kier alpha value is -3.57. The van der Waals surface area contributed by atoms with Crippen molar-refractivity contribution in [3.05, 3.63) is 112 Å². The minimum Gasteiger partial charge on any atom is -0.488 e. The van der Waals surface area contributed by atoms with Crippen LogP contribution in [0.15, 0.2) is 82.6 Å². The molecule has 45 heavy (non-hydrogen) atoms. The molecule has 4 aromatic rings. The molecule has 5 heteroatoms. The molecule has 0 bridgehead atoms. The highest BCUT2D eigenvalue weighted by atomic mass is 32.2. The normalized spacial score (nSPS) is 12.7. The van der Waals surface area contributed by atoms with Crippen molar-refractivity contribution >= 4 is 9.84 Å². The molecule has 4 rings (SSSR count). The van der Waals surface area contributed by atoms with E-state index in [0.717, 1.165) is 45.7 Å². The Morgan fingerprint density at radius 3 is 1.38 bits per heavy atom. The van der Waals surface area contributed by atoms with Crippen LogP contribution in [-0.4, -0.2) is 14.0 Å². The third-order valence-electron chi connectivity index (χ3n) is 8.96. The fourth-order valence-corrected chi connectivity index (χ4v) is 6.91. The molecular weight excluding hydrogens is 577 g/mol. The second-order valence-corrected chi connectivity index (χ2v) is 16.5. The molecule has 240 valence electrons. The minimum absolute atomic E-state index is 0.00344. The van der Waals surface area contributed by atoms with Gasteiger partial charge in [-0.25, -0.2) is 8.42 Å². The second-order valence-electron chi connectivity index (χ2n) is 14.6. The Kier molecular flexibility index (Phi) is 9.39. The molecule has 0 radical (unpaired) electrons. The first-order valence-corrected chi connectivity index (χ1v) is 17.3. The largest absolute Gasteiger partial charge is 0.488 e. The van der Waals surface area contributed by atoms with Gasteiger partial charge in [0.15, 0.2) is 0 Å². The number of sulfone groups is 1. The lowest BCUT2D eigenvalue weighted by Gasteiger charge is -2.30. The summed E-state index contributed by atoms with van der Waals surface area (Å²) in [6, 6.07) is 22.8. The van der Waals surface area contributed by atoms with Gasteiger partial charge in [0.1, 0.15) is 22.8 Å². The van der Waals surface area contributed by atoms with Gasteiger partial charge >= 0.3 is 0 Å². The number of hydrogen-bond donors (Lipinski definition) is 0. The molecule has 0 amide bonds. The van der Waals surface area contributed by atoms with E-state index in [1.807, 2.05) is 12.1 Å². The molecule has 0 saturated heterocycles. The second kappa shape index (κ2) is 12.3. The first-order chi connectivity index (χ1) is 20.8. The van der Waals surface area contributed by atoms with Gasteiger partial charge in [0.25, 0.3) is 0 Å². The van der Waals surface area contributed by atoms with E-state index in [1.165, 1.54) is 11.1 Å². The maximum Gasteiger partial charge on any atom is 0.206 e. The highest BCUT2D eigenvalue weighted by Gasteiger charge is 2.27. The van der Waals surface area contributed by atoms with Crippen LogP contribution in [0.5, 0.6) is 17.2 Å². The first kappa shape index (κ1) is 34.3. The first-order valence-electron chi connectivity index (χ1n) is 15.8. The molecule has 4 nitrogen and oxygen atoms in total. The molecule has 0 heterocycles. The zero-order chi connectivity index (χ0) is 33.5. The van der Waals surface area contributed by atoms with Crippen LogP contribution in [0, 0.1) is 27.7 Å². The standard InChI is InChI=1S/C40H50O4S/c1-13-39(9,10)30-14-18-34(19-15-30)45(41,42)35-20-16-33(17-21-35)43-36-26(2)22-31(23-27(36)3)40(11,12)32-24-28(4)37(29(5)25-32)44-38(6,7)8/h14-25H,13H2,1-12H3. The van der Waals surface area contributed by atoms with Crippen LogP contribution >= 0.6 is 0 Å². The van der Waals surface area contributed by atoms with Crippen molar-refractivity contribution in [2.45, 2.75) is 116 Å². The van der Waals surface area contributed by atoms with E-state index in [2.05, 4.69) is 107 Å². The molecule has 0 fully saturated rings. The van der Waals surface area contributed by atoms with Gasteiger partial charge in [-0.3, -0.25) is 0 Å². The van der Waals surface area contributed by atoms with E-state index < -0.39 is 9.84 Å². The number of rotatable bonds is 9. The van der Waals surface area contributed by atoms with Crippen molar-refractivity contribution in [1.82, 2.24) is 0 Å². The minimum atomic E-state index is -3.64. The van der Waals surface area contributed by atoms with Crippen LogP contribution < -0.4 is 9.47 Å². The van der Waals surface area contributed by atoms with Crippen molar-refractivity contribution in [2.24, 2.45) is 0 Å². The van der Waals surface area contributed by atoms with Gasteiger partial charge < -0.3 is 9.47 Å². The summed E-state index contributed by atoms with van der Waals surface area (Å²) in [6.45, 7) is 25.5. The van der Waals surface area contributed by atoms with Gasteiger partial charge in [0, 0.05) is 5.41 Å². The van der Waals surface area contributed by atoms with E-state index >= 15 is 0 Å². The lowest BCUT2D eigenvalue weighted by atomic mass is 9.76. The summed E-state index contributed by atoms with van der Waals surface area (Å²) in [7, 11) is -3.64. The SMILES string of the molecule is CCC(C)(C)c1ccc(S(=O)(=O)c2ccc(Oc3c(C)cc(C(C)(C)c4cc(C)c(OC(C)(C)C)c(C)c4)cc3C)cc2)cc1. The maximum absolute atomic E-state index is 13.4. The molecular formula is C40H50O4S. The summed E-state index contributed by atoms with van der Waals surface area (Å²) < 4.78 is 39.3. The number of benzene rings is 4. The van der Waals surface area contributed by atoms with Crippen molar-refractivity contribution in [1.29, 1.82) is 0 Å². The van der Waals surface area contributed by atoms with E-state index in [1.54, 1.807) is 36.4 Å². The quantitative estimate of drug-likeness (QED) is 0.185. The van der Waals surface area contributed by atoms with Crippen LogP contribution in [0.4, 0.5) is 0 Å². The molecule has 0 aliphatic heterocycles. The van der Waals surface area contributed by atoms with E-state index in [9.17, 15) is 8.42 Å². The zero-order valence-electron chi connectivity index (χ0n) is 29.2. The van der Waals surface area contributed by atoms with E-state index in [0.29, 0.717) is 10.6 Å². The summed E-state index contributed by atoms with van der Waals surface area (Å²) in [4.78, 5) is 0.533. The van der Waals surface area contributed by atoms with E-state index in [-0.39, 0.29) is 21.3 Å². The monoisotopic (exact) mass is 626 g/mol. The predicted molar refractivity (Wildman–Crippen MR) is 186 cm³/mol. The summed E-state index contributed by atoms with van der Waals surface area (Å²) in [6.07, 6.45) is 0.973. The highest BCUT2D eigenvalue weighted by molar-refractivity contribution is 7.91. The lowest BCUT2D eigenvalue weighted by Crippen LogP contribution is -2.25. The molecule has 0 saturated carbocycles. The average molecular weight is 627 g/mol. The molecule has 0 spiro atoms.